The summed E-state index contributed by atoms with van der Waals surface area (Å²) in [4.78, 5) is 41.4. The maximum atomic E-state index is 13.1. The second-order valence-electron chi connectivity index (χ2n) is 8.27. The van der Waals surface area contributed by atoms with Crippen molar-refractivity contribution in [3.63, 3.8) is 0 Å². The van der Waals surface area contributed by atoms with E-state index in [0.717, 1.165) is 12.2 Å². The summed E-state index contributed by atoms with van der Waals surface area (Å²) in [7, 11) is 0. The molecule has 1 aromatic rings. The van der Waals surface area contributed by atoms with Gasteiger partial charge in [-0.25, -0.2) is 0 Å². The topological polar surface area (TPSA) is 66.9 Å². The van der Waals surface area contributed by atoms with Crippen LogP contribution in [0.3, 0.4) is 0 Å². The molecule has 0 spiro atoms. The minimum absolute atomic E-state index is 0.0250. The van der Waals surface area contributed by atoms with Gasteiger partial charge in [0.15, 0.2) is 0 Å². The van der Waals surface area contributed by atoms with Gasteiger partial charge in [-0.15, -0.1) is 0 Å². The fourth-order valence-electron chi connectivity index (χ4n) is 5.55. The number of hydrogen-bond donors (Lipinski definition) is 0. The van der Waals surface area contributed by atoms with E-state index in [9.17, 15) is 14.4 Å². The zero-order chi connectivity index (χ0) is 19.6. The monoisotopic (exact) mass is 380 g/mol. The van der Waals surface area contributed by atoms with Gasteiger partial charge in [0.05, 0.1) is 18.4 Å². The van der Waals surface area contributed by atoms with Gasteiger partial charge in [0, 0.05) is 12.6 Å². The van der Waals surface area contributed by atoms with Gasteiger partial charge in [-0.2, -0.15) is 0 Å². The Balaban J connectivity index is 1.39. The summed E-state index contributed by atoms with van der Waals surface area (Å²) in [6.45, 7) is 3.90. The number of ether oxygens (including phenoxy) is 1. The molecule has 2 saturated carbocycles. The molecule has 3 amide bonds. The van der Waals surface area contributed by atoms with E-state index in [1.54, 1.807) is 24.3 Å². The Morgan fingerprint density at radius 3 is 2.14 bits per heavy atom. The van der Waals surface area contributed by atoms with E-state index in [1.165, 1.54) is 16.7 Å². The highest BCUT2D eigenvalue weighted by molar-refractivity contribution is 6.07. The lowest BCUT2D eigenvalue weighted by molar-refractivity contribution is -0.140. The third kappa shape index (κ3) is 2.43. The normalized spacial score (nSPS) is 34.3. The maximum Gasteiger partial charge on any atom is 0.235 e. The number of benzene rings is 1. The van der Waals surface area contributed by atoms with Crippen LogP contribution in [0.4, 0.5) is 5.69 Å². The molecule has 0 N–H and O–H groups in total. The zero-order valence-corrected chi connectivity index (χ0v) is 16.1. The molecule has 6 nitrogen and oxygen atoms in total. The number of carbonyl (C=O) groups is 3. The lowest BCUT2D eigenvalue weighted by Gasteiger charge is -2.37. The molecular formula is C22H24N2O4. The number of imide groups is 1. The first-order valence-electron chi connectivity index (χ1n) is 10.1. The van der Waals surface area contributed by atoms with Gasteiger partial charge < -0.3 is 4.74 Å². The highest BCUT2D eigenvalue weighted by atomic mass is 16.5. The Morgan fingerprint density at radius 1 is 1.07 bits per heavy atom. The summed E-state index contributed by atoms with van der Waals surface area (Å²) < 4.78 is 5.45. The second-order valence-corrected chi connectivity index (χ2v) is 8.27. The second kappa shape index (κ2) is 6.19. The summed E-state index contributed by atoms with van der Waals surface area (Å²) in [6.07, 6.45) is 5.45. The van der Waals surface area contributed by atoms with Crippen LogP contribution < -0.4 is 9.64 Å². The molecule has 146 valence electrons. The van der Waals surface area contributed by atoms with Crippen molar-refractivity contribution in [3.8, 4) is 5.75 Å². The summed E-state index contributed by atoms with van der Waals surface area (Å²) >= 11 is 0. The first kappa shape index (κ1) is 17.5. The smallest absolute Gasteiger partial charge is 0.235 e. The van der Waals surface area contributed by atoms with Crippen molar-refractivity contribution in [2.45, 2.75) is 20.3 Å². The summed E-state index contributed by atoms with van der Waals surface area (Å²) in [5, 5.41) is 0. The molecule has 6 rings (SSSR count). The molecule has 1 aromatic carbocycles. The summed E-state index contributed by atoms with van der Waals surface area (Å²) in [6, 6.07) is 7.15. The van der Waals surface area contributed by atoms with Crippen molar-refractivity contribution in [2.24, 2.45) is 35.5 Å². The molecule has 2 bridgehead atoms. The SMILES string of the molecule is CCOc1ccc(N(CN2C(=O)C3C4C=CC(C5CC45)C3C2=O)C(C)=O)cc1. The minimum atomic E-state index is -0.236. The first-order chi connectivity index (χ1) is 13.5. The van der Waals surface area contributed by atoms with Crippen LogP contribution in [-0.2, 0) is 14.4 Å². The van der Waals surface area contributed by atoms with Gasteiger partial charge in [0.25, 0.3) is 0 Å². The highest BCUT2D eigenvalue weighted by Gasteiger charge is 2.67. The average Bonchev–Trinajstić information content (AvgIpc) is 3.47. The fraction of sp³-hybridized carbons (Fsp3) is 0.500. The number of hydrogen-bond acceptors (Lipinski definition) is 4. The summed E-state index contributed by atoms with van der Waals surface area (Å²) in [5.74, 6) is 1.34. The molecule has 5 aliphatic rings. The van der Waals surface area contributed by atoms with Gasteiger partial charge in [-0.3, -0.25) is 24.2 Å². The first-order valence-corrected chi connectivity index (χ1v) is 10.1. The van der Waals surface area contributed by atoms with Crippen molar-refractivity contribution in [1.29, 1.82) is 0 Å². The molecule has 6 atom stereocenters. The Bertz CT molecular complexity index is 841. The molecule has 6 heteroatoms. The van der Waals surface area contributed by atoms with Crippen LogP contribution in [0.15, 0.2) is 36.4 Å². The van der Waals surface area contributed by atoms with Crippen LogP contribution in [0.25, 0.3) is 0 Å². The highest BCUT2D eigenvalue weighted by Crippen LogP contribution is 2.65. The predicted octanol–water partition coefficient (Wildman–Crippen LogP) is 2.45. The predicted molar refractivity (Wildman–Crippen MR) is 102 cm³/mol. The van der Waals surface area contributed by atoms with E-state index < -0.39 is 0 Å². The Morgan fingerprint density at radius 2 is 1.64 bits per heavy atom. The number of carbonyl (C=O) groups excluding carboxylic acids is 3. The third-order valence-electron chi connectivity index (χ3n) is 6.88. The lowest BCUT2D eigenvalue weighted by Crippen LogP contribution is -2.44. The van der Waals surface area contributed by atoms with Crippen molar-refractivity contribution in [2.75, 3.05) is 18.2 Å². The number of likely N-dealkylation sites (tertiary alicyclic amines) is 1. The number of allylic oxidation sites excluding steroid dienone is 2. The number of rotatable bonds is 5. The van der Waals surface area contributed by atoms with E-state index in [1.807, 2.05) is 6.92 Å². The molecular weight excluding hydrogens is 356 g/mol. The van der Waals surface area contributed by atoms with Crippen LogP contribution >= 0.6 is 0 Å². The van der Waals surface area contributed by atoms with Crippen molar-refractivity contribution < 1.29 is 19.1 Å². The quantitative estimate of drug-likeness (QED) is 0.581. The molecule has 1 aliphatic heterocycles. The zero-order valence-electron chi connectivity index (χ0n) is 16.1. The summed E-state index contributed by atoms with van der Waals surface area (Å²) in [5.41, 5.74) is 0.648. The van der Waals surface area contributed by atoms with E-state index in [2.05, 4.69) is 12.2 Å². The van der Waals surface area contributed by atoms with Gasteiger partial charge in [0.1, 0.15) is 12.4 Å². The third-order valence-corrected chi connectivity index (χ3v) is 6.88. The molecule has 28 heavy (non-hydrogen) atoms. The molecule has 4 aliphatic carbocycles. The van der Waals surface area contributed by atoms with Crippen molar-refractivity contribution in [3.05, 3.63) is 36.4 Å². The maximum absolute atomic E-state index is 13.1. The average molecular weight is 380 g/mol. The van der Waals surface area contributed by atoms with E-state index in [0.29, 0.717) is 24.1 Å². The standard InChI is InChI=1S/C22H24N2O4/c1-3-28-14-6-4-13(5-7-14)23(12(2)25)11-24-21(26)19-15-8-9-16(18-10-17(15)18)20(19)22(24)27/h4-9,15-20H,3,10-11H2,1-2H3. The largest absolute Gasteiger partial charge is 0.494 e. The minimum Gasteiger partial charge on any atom is -0.494 e. The number of nitrogens with zero attached hydrogens (tertiary/aromatic N) is 2. The van der Waals surface area contributed by atoms with E-state index >= 15 is 0 Å². The fourth-order valence-corrected chi connectivity index (χ4v) is 5.55. The Labute approximate surface area is 164 Å². The number of amides is 3. The van der Waals surface area contributed by atoms with Crippen molar-refractivity contribution in [1.82, 2.24) is 4.90 Å². The van der Waals surface area contributed by atoms with Crippen LogP contribution in [0.1, 0.15) is 20.3 Å². The van der Waals surface area contributed by atoms with Gasteiger partial charge in [0.2, 0.25) is 17.7 Å². The van der Waals surface area contributed by atoms with E-state index in [4.69, 9.17) is 4.74 Å². The molecule has 3 fully saturated rings. The number of anilines is 1. The van der Waals surface area contributed by atoms with Gasteiger partial charge >= 0.3 is 0 Å². The van der Waals surface area contributed by atoms with Gasteiger partial charge in [-0.1, -0.05) is 12.2 Å². The van der Waals surface area contributed by atoms with Crippen molar-refractivity contribution >= 4 is 23.4 Å². The Kier molecular flexibility index (Phi) is 3.86. The molecule has 0 radical (unpaired) electrons. The molecule has 1 heterocycles. The van der Waals surface area contributed by atoms with Crippen LogP contribution in [0.5, 0.6) is 5.75 Å². The molecule has 1 saturated heterocycles. The van der Waals surface area contributed by atoms with Crippen LogP contribution in [0.2, 0.25) is 0 Å². The van der Waals surface area contributed by atoms with Crippen LogP contribution in [-0.4, -0.2) is 35.9 Å². The lowest BCUT2D eigenvalue weighted by atomic mass is 9.63. The van der Waals surface area contributed by atoms with Gasteiger partial charge in [-0.05, 0) is 61.3 Å². The molecule has 6 unspecified atom stereocenters. The Hall–Kier alpha value is -2.63. The van der Waals surface area contributed by atoms with E-state index in [-0.39, 0.29) is 48.1 Å². The van der Waals surface area contributed by atoms with Crippen LogP contribution in [0, 0.1) is 35.5 Å². The molecule has 0 aromatic heterocycles.